The fraction of sp³-hybridized carbons (Fsp3) is 0.533. The average molecular weight is 264 g/mol. The lowest BCUT2D eigenvalue weighted by atomic mass is 9.97. The first-order chi connectivity index (χ1) is 9.11. The van der Waals surface area contributed by atoms with E-state index >= 15 is 0 Å². The van der Waals surface area contributed by atoms with Crippen LogP contribution in [0.4, 0.5) is 0 Å². The van der Waals surface area contributed by atoms with Gasteiger partial charge in [0.25, 0.3) is 0 Å². The highest BCUT2D eigenvalue weighted by Gasteiger charge is 2.59. The summed E-state index contributed by atoms with van der Waals surface area (Å²) in [6.45, 7) is 4.43. The van der Waals surface area contributed by atoms with E-state index in [0.717, 1.165) is 24.2 Å². The molecule has 4 nitrogen and oxygen atoms in total. The number of esters is 1. The maximum absolute atomic E-state index is 11.8. The van der Waals surface area contributed by atoms with E-state index in [1.54, 1.807) is 7.11 Å². The molecule has 2 unspecified atom stereocenters. The Hall–Kier alpha value is -1.55. The third kappa shape index (κ3) is 2.89. The molecule has 0 aliphatic carbocycles. The van der Waals surface area contributed by atoms with E-state index in [-0.39, 0.29) is 5.97 Å². The highest BCUT2D eigenvalue weighted by Crippen LogP contribution is 2.46. The largest absolute Gasteiger partial charge is 0.497 e. The minimum atomic E-state index is -0.560. The number of unbranched alkanes of at least 4 members (excludes halogenated alkanes) is 1. The maximum atomic E-state index is 11.8. The molecule has 0 aromatic heterocycles. The van der Waals surface area contributed by atoms with E-state index in [2.05, 4.69) is 6.92 Å². The van der Waals surface area contributed by atoms with Gasteiger partial charge in [0.05, 0.1) is 13.7 Å². The summed E-state index contributed by atoms with van der Waals surface area (Å²) in [5.74, 6) is 0.516. The number of hydrogen-bond acceptors (Lipinski definition) is 4. The van der Waals surface area contributed by atoms with Crippen LogP contribution in [0.2, 0.25) is 0 Å². The van der Waals surface area contributed by atoms with Crippen molar-refractivity contribution in [3.05, 3.63) is 29.8 Å². The first-order valence-electron chi connectivity index (χ1n) is 6.60. The Morgan fingerprint density at radius 3 is 2.63 bits per heavy atom. The van der Waals surface area contributed by atoms with Gasteiger partial charge in [-0.2, -0.15) is 0 Å². The van der Waals surface area contributed by atoms with Crippen molar-refractivity contribution in [2.75, 3.05) is 13.7 Å². The molecule has 0 N–H and O–H groups in total. The molecule has 0 bridgehead atoms. The third-order valence-corrected chi connectivity index (χ3v) is 3.43. The highest BCUT2D eigenvalue weighted by atomic mass is 16.7. The summed E-state index contributed by atoms with van der Waals surface area (Å²) in [4.78, 5) is 11.8. The normalized spacial score (nSPS) is 24.9. The van der Waals surface area contributed by atoms with Gasteiger partial charge in [-0.3, -0.25) is 0 Å². The van der Waals surface area contributed by atoms with Crippen LogP contribution in [0.1, 0.15) is 32.3 Å². The average Bonchev–Trinajstić information content (AvgIpc) is 3.13. The monoisotopic (exact) mass is 264 g/mol. The number of benzene rings is 1. The van der Waals surface area contributed by atoms with Crippen molar-refractivity contribution in [3.8, 4) is 5.75 Å². The van der Waals surface area contributed by atoms with Gasteiger partial charge in [-0.25, -0.2) is 4.79 Å². The van der Waals surface area contributed by atoms with Crippen LogP contribution in [0.15, 0.2) is 24.3 Å². The van der Waals surface area contributed by atoms with E-state index in [4.69, 9.17) is 14.2 Å². The van der Waals surface area contributed by atoms with Crippen LogP contribution in [-0.2, 0) is 19.9 Å². The Labute approximate surface area is 113 Å². The van der Waals surface area contributed by atoms with Gasteiger partial charge in [-0.1, -0.05) is 25.5 Å². The summed E-state index contributed by atoms with van der Waals surface area (Å²) < 4.78 is 15.8. The first kappa shape index (κ1) is 13.9. The van der Waals surface area contributed by atoms with Crippen molar-refractivity contribution in [1.82, 2.24) is 0 Å². The lowest BCUT2D eigenvalue weighted by Gasteiger charge is -2.08. The Kier molecular flexibility index (Phi) is 4.10. The van der Waals surface area contributed by atoms with Crippen molar-refractivity contribution in [3.63, 3.8) is 0 Å². The lowest BCUT2D eigenvalue weighted by molar-refractivity contribution is -0.145. The summed E-state index contributed by atoms with van der Waals surface area (Å²) in [7, 11) is 1.62. The lowest BCUT2D eigenvalue weighted by Crippen LogP contribution is -2.19. The molecule has 0 amide bonds. The molecular weight excluding hydrogens is 244 g/mol. The molecule has 4 heteroatoms. The summed E-state index contributed by atoms with van der Waals surface area (Å²) in [6.07, 6.45) is 1.41. The first-order valence-corrected chi connectivity index (χ1v) is 6.60. The predicted molar refractivity (Wildman–Crippen MR) is 71.1 cm³/mol. The zero-order valence-corrected chi connectivity index (χ0v) is 11.6. The van der Waals surface area contributed by atoms with Gasteiger partial charge in [0.15, 0.2) is 6.10 Å². The molecule has 1 aliphatic heterocycles. The van der Waals surface area contributed by atoms with Crippen LogP contribution >= 0.6 is 0 Å². The highest BCUT2D eigenvalue weighted by molar-refractivity contribution is 5.79. The van der Waals surface area contributed by atoms with Crippen molar-refractivity contribution in [1.29, 1.82) is 0 Å². The summed E-state index contributed by atoms with van der Waals surface area (Å²) in [5.41, 5.74) is 0.404. The molecule has 19 heavy (non-hydrogen) atoms. The summed E-state index contributed by atoms with van der Waals surface area (Å²) in [5, 5.41) is 0. The molecule has 0 spiro atoms. The van der Waals surface area contributed by atoms with Gasteiger partial charge in [0.1, 0.15) is 11.4 Å². The molecule has 1 aromatic carbocycles. The van der Waals surface area contributed by atoms with Gasteiger partial charge < -0.3 is 14.2 Å². The van der Waals surface area contributed by atoms with Gasteiger partial charge in [-0.15, -0.1) is 0 Å². The molecule has 1 aliphatic rings. The molecule has 2 atom stereocenters. The Balaban J connectivity index is 1.96. The fourth-order valence-electron chi connectivity index (χ4n) is 2.02. The Morgan fingerprint density at radius 2 is 2.05 bits per heavy atom. The molecule has 1 saturated heterocycles. The molecule has 2 rings (SSSR count). The Morgan fingerprint density at radius 1 is 1.37 bits per heavy atom. The van der Waals surface area contributed by atoms with Crippen molar-refractivity contribution in [2.45, 2.75) is 38.4 Å². The van der Waals surface area contributed by atoms with E-state index in [9.17, 15) is 4.79 Å². The summed E-state index contributed by atoms with van der Waals surface area (Å²) >= 11 is 0. The van der Waals surface area contributed by atoms with Crippen LogP contribution in [-0.4, -0.2) is 25.8 Å². The van der Waals surface area contributed by atoms with E-state index in [1.165, 1.54) is 0 Å². The van der Waals surface area contributed by atoms with Crippen LogP contribution in [0.3, 0.4) is 0 Å². The van der Waals surface area contributed by atoms with Crippen LogP contribution in [0.5, 0.6) is 5.75 Å². The van der Waals surface area contributed by atoms with E-state index in [1.807, 2.05) is 31.2 Å². The van der Waals surface area contributed by atoms with Crippen molar-refractivity contribution < 1.29 is 19.0 Å². The minimum absolute atomic E-state index is 0.272. The number of carbonyl (C=O) groups is 1. The second-order valence-corrected chi connectivity index (χ2v) is 4.85. The molecular formula is C15H20O4. The summed E-state index contributed by atoms with van der Waals surface area (Å²) in [6, 6.07) is 7.56. The van der Waals surface area contributed by atoms with E-state index in [0.29, 0.717) is 6.61 Å². The fourth-order valence-corrected chi connectivity index (χ4v) is 2.02. The third-order valence-electron chi connectivity index (χ3n) is 3.43. The predicted octanol–water partition coefficient (Wildman–Crippen LogP) is 2.65. The quantitative estimate of drug-likeness (QED) is 0.450. The zero-order chi connectivity index (χ0) is 13.9. The molecule has 0 radical (unpaired) electrons. The number of epoxide rings is 1. The number of carbonyl (C=O) groups excluding carboxylic acids is 1. The maximum Gasteiger partial charge on any atom is 0.338 e. The van der Waals surface area contributed by atoms with E-state index < -0.39 is 11.7 Å². The van der Waals surface area contributed by atoms with Crippen LogP contribution in [0.25, 0.3) is 0 Å². The van der Waals surface area contributed by atoms with Crippen molar-refractivity contribution in [2.24, 2.45) is 0 Å². The zero-order valence-electron chi connectivity index (χ0n) is 11.6. The molecule has 104 valence electrons. The van der Waals surface area contributed by atoms with Gasteiger partial charge >= 0.3 is 5.97 Å². The van der Waals surface area contributed by atoms with Crippen LogP contribution < -0.4 is 4.74 Å². The number of ether oxygens (including phenoxy) is 3. The smallest absolute Gasteiger partial charge is 0.338 e. The van der Waals surface area contributed by atoms with Gasteiger partial charge in [-0.05, 0) is 31.0 Å². The van der Waals surface area contributed by atoms with Crippen LogP contribution in [0, 0.1) is 0 Å². The molecule has 0 saturated carbocycles. The molecule has 1 fully saturated rings. The number of methoxy groups -OCH3 is 1. The SMILES string of the molecule is CCCCOC(=O)C1OC1(C)c1ccc(OC)cc1. The number of hydrogen-bond donors (Lipinski definition) is 0. The van der Waals surface area contributed by atoms with Crippen molar-refractivity contribution >= 4 is 5.97 Å². The molecule has 1 heterocycles. The Bertz CT molecular complexity index is 440. The second-order valence-electron chi connectivity index (χ2n) is 4.85. The second kappa shape index (κ2) is 5.61. The standard InChI is InChI=1S/C15H20O4/c1-4-5-10-18-14(16)13-15(2,19-13)11-6-8-12(17-3)9-7-11/h6-9,13H,4-5,10H2,1-3H3. The minimum Gasteiger partial charge on any atom is -0.497 e. The van der Waals surface area contributed by atoms with Gasteiger partial charge in [0, 0.05) is 0 Å². The van der Waals surface area contributed by atoms with Gasteiger partial charge in [0.2, 0.25) is 0 Å². The molecule has 1 aromatic rings. The topological polar surface area (TPSA) is 48.1 Å². The number of rotatable bonds is 6.